The molecule has 0 aliphatic heterocycles. The summed E-state index contributed by atoms with van der Waals surface area (Å²) in [6.07, 6.45) is 5.44. The van der Waals surface area contributed by atoms with Crippen LogP contribution >= 0.6 is 0 Å². The van der Waals surface area contributed by atoms with Gasteiger partial charge in [0.15, 0.2) is 0 Å². The van der Waals surface area contributed by atoms with Crippen LogP contribution < -0.4 is 10.1 Å². The van der Waals surface area contributed by atoms with E-state index in [-0.39, 0.29) is 12.1 Å². The largest absolute Gasteiger partial charge is 0.494 e. The third-order valence-electron chi connectivity index (χ3n) is 3.95. The molecule has 1 atom stereocenters. The van der Waals surface area contributed by atoms with Gasteiger partial charge < -0.3 is 15.2 Å². The van der Waals surface area contributed by atoms with Gasteiger partial charge in [-0.15, -0.1) is 0 Å². The SMILES string of the molecule is CCc1ccc(OCCCC(C)(CO)NC2CC2)cc1. The highest BCUT2D eigenvalue weighted by molar-refractivity contribution is 5.27. The Hall–Kier alpha value is -1.06. The van der Waals surface area contributed by atoms with E-state index in [2.05, 4.69) is 31.3 Å². The van der Waals surface area contributed by atoms with Crippen LogP contribution in [0.2, 0.25) is 0 Å². The zero-order valence-electron chi connectivity index (χ0n) is 12.7. The third-order valence-corrected chi connectivity index (χ3v) is 3.95. The first kappa shape index (κ1) is 15.3. The van der Waals surface area contributed by atoms with Crippen molar-refractivity contribution < 1.29 is 9.84 Å². The minimum absolute atomic E-state index is 0.156. The Bertz CT molecular complexity index is 400. The van der Waals surface area contributed by atoms with Crippen LogP contribution in [0.4, 0.5) is 0 Å². The molecule has 0 amide bonds. The van der Waals surface area contributed by atoms with Gasteiger partial charge in [-0.1, -0.05) is 19.1 Å². The number of nitrogens with one attached hydrogen (secondary N) is 1. The fourth-order valence-corrected chi connectivity index (χ4v) is 2.39. The van der Waals surface area contributed by atoms with Crippen LogP contribution in [0.15, 0.2) is 24.3 Å². The molecule has 1 aliphatic carbocycles. The molecule has 1 unspecified atom stereocenters. The number of rotatable bonds is 9. The lowest BCUT2D eigenvalue weighted by Gasteiger charge is -2.29. The predicted molar refractivity (Wildman–Crippen MR) is 82.2 cm³/mol. The smallest absolute Gasteiger partial charge is 0.119 e. The molecular weight excluding hydrogens is 250 g/mol. The van der Waals surface area contributed by atoms with Crippen molar-refractivity contribution in [2.24, 2.45) is 0 Å². The Kier molecular flexibility index (Phi) is 5.44. The Morgan fingerprint density at radius 2 is 2.00 bits per heavy atom. The van der Waals surface area contributed by atoms with Gasteiger partial charge in [0, 0.05) is 11.6 Å². The van der Waals surface area contributed by atoms with Crippen molar-refractivity contribution in [3.05, 3.63) is 29.8 Å². The van der Waals surface area contributed by atoms with Crippen molar-refractivity contribution in [1.29, 1.82) is 0 Å². The summed E-state index contributed by atoms with van der Waals surface area (Å²) in [4.78, 5) is 0. The summed E-state index contributed by atoms with van der Waals surface area (Å²) >= 11 is 0. The number of hydrogen-bond donors (Lipinski definition) is 2. The molecule has 1 aromatic rings. The molecule has 3 nitrogen and oxygen atoms in total. The van der Waals surface area contributed by atoms with Crippen LogP contribution in [0.25, 0.3) is 0 Å². The molecule has 0 spiro atoms. The summed E-state index contributed by atoms with van der Waals surface area (Å²) in [6, 6.07) is 8.91. The molecule has 1 aliphatic rings. The summed E-state index contributed by atoms with van der Waals surface area (Å²) in [7, 11) is 0. The summed E-state index contributed by atoms with van der Waals surface area (Å²) in [5.74, 6) is 0.933. The van der Waals surface area contributed by atoms with Gasteiger partial charge in [0.1, 0.15) is 5.75 Å². The molecule has 0 heterocycles. The first-order valence-electron chi connectivity index (χ1n) is 7.75. The fourth-order valence-electron chi connectivity index (χ4n) is 2.39. The maximum absolute atomic E-state index is 9.53. The number of benzene rings is 1. The van der Waals surface area contributed by atoms with Gasteiger partial charge in [-0.2, -0.15) is 0 Å². The van der Waals surface area contributed by atoms with Gasteiger partial charge in [0.2, 0.25) is 0 Å². The topological polar surface area (TPSA) is 41.5 Å². The first-order chi connectivity index (χ1) is 9.65. The fraction of sp³-hybridized carbons (Fsp3) is 0.647. The van der Waals surface area contributed by atoms with Crippen LogP contribution in [0.3, 0.4) is 0 Å². The Balaban J connectivity index is 1.68. The maximum Gasteiger partial charge on any atom is 0.119 e. The van der Waals surface area contributed by atoms with Gasteiger partial charge in [-0.05, 0) is 56.7 Å². The first-order valence-corrected chi connectivity index (χ1v) is 7.75. The molecule has 0 aromatic heterocycles. The monoisotopic (exact) mass is 277 g/mol. The number of ether oxygens (including phenoxy) is 1. The highest BCUT2D eigenvalue weighted by atomic mass is 16.5. The summed E-state index contributed by atoms with van der Waals surface area (Å²) in [5, 5.41) is 13.1. The van der Waals surface area contributed by atoms with Crippen LogP contribution in [0.1, 0.15) is 45.1 Å². The van der Waals surface area contributed by atoms with Crippen LogP contribution in [-0.2, 0) is 6.42 Å². The lowest BCUT2D eigenvalue weighted by atomic mass is 9.97. The number of aryl methyl sites for hydroxylation is 1. The quantitative estimate of drug-likeness (QED) is 0.682. The zero-order chi connectivity index (χ0) is 14.4. The van der Waals surface area contributed by atoms with Gasteiger partial charge in [-0.3, -0.25) is 0 Å². The Morgan fingerprint density at radius 3 is 2.55 bits per heavy atom. The predicted octanol–water partition coefficient (Wildman–Crippen LogP) is 2.91. The molecule has 1 fully saturated rings. The minimum atomic E-state index is -0.156. The van der Waals surface area contributed by atoms with Gasteiger partial charge in [-0.25, -0.2) is 0 Å². The molecule has 1 aromatic carbocycles. The average Bonchev–Trinajstić information content (AvgIpc) is 3.28. The summed E-state index contributed by atoms with van der Waals surface area (Å²) in [5.41, 5.74) is 1.18. The molecule has 1 saturated carbocycles. The lowest BCUT2D eigenvalue weighted by Crippen LogP contribution is -2.47. The van der Waals surface area contributed by atoms with E-state index in [1.54, 1.807) is 0 Å². The van der Waals surface area contributed by atoms with E-state index in [9.17, 15) is 5.11 Å². The van der Waals surface area contributed by atoms with E-state index in [0.717, 1.165) is 25.0 Å². The molecule has 0 radical (unpaired) electrons. The number of hydrogen-bond acceptors (Lipinski definition) is 3. The number of aliphatic hydroxyl groups is 1. The summed E-state index contributed by atoms with van der Waals surface area (Å²) < 4.78 is 5.76. The second kappa shape index (κ2) is 7.09. The van der Waals surface area contributed by atoms with Crippen LogP contribution in [0, 0.1) is 0 Å². The van der Waals surface area contributed by atoms with E-state index in [1.165, 1.54) is 18.4 Å². The van der Waals surface area contributed by atoms with Crippen molar-refractivity contribution in [1.82, 2.24) is 5.32 Å². The van der Waals surface area contributed by atoms with Gasteiger partial charge >= 0.3 is 0 Å². The minimum Gasteiger partial charge on any atom is -0.494 e. The second-order valence-corrected chi connectivity index (χ2v) is 6.09. The highest BCUT2D eigenvalue weighted by Gasteiger charge is 2.31. The molecular formula is C17H27NO2. The third kappa shape index (κ3) is 4.80. The Labute approximate surface area is 122 Å². The second-order valence-electron chi connectivity index (χ2n) is 6.09. The Morgan fingerprint density at radius 1 is 1.30 bits per heavy atom. The van der Waals surface area contributed by atoms with Crippen molar-refractivity contribution in [2.45, 2.75) is 57.5 Å². The molecule has 20 heavy (non-hydrogen) atoms. The number of aliphatic hydroxyl groups excluding tert-OH is 1. The summed E-state index contributed by atoms with van der Waals surface area (Å²) in [6.45, 7) is 5.14. The van der Waals surface area contributed by atoms with E-state index >= 15 is 0 Å². The van der Waals surface area contributed by atoms with Gasteiger partial charge in [0.25, 0.3) is 0 Å². The normalized spacial score (nSPS) is 17.8. The molecule has 0 saturated heterocycles. The van der Waals surface area contributed by atoms with E-state index in [0.29, 0.717) is 12.6 Å². The van der Waals surface area contributed by atoms with Crippen molar-refractivity contribution in [3.8, 4) is 5.75 Å². The molecule has 2 N–H and O–H groups in total. The maximum atomic E-state index is 9.53. The molecule has 2 rings (SSSR count). The average molecular weight is 277 g/mol. The molecule has 112 valence electrons. The van der Waals surface area contributed by atoms with Crippen molar-refractivity contribution in [2.75, 3.05) is 13.2 Å². The van der Waals surface area contributed by atoms with E-state index in [1.807, 2.05) is 12.1 Å². The van der Waals surface area contributed by atoms with E-state index < -0.39 is 0 Å². The van der Waals surface area contributed by atoms with Gasteiger partial charge in [0.05, 0.1) is 13.2 Å². The standard InChI is InChI=1S/C17H27NO2/c1-3-14-5-9-16(10-6-14)20-12-4-11-17(2,13-19)18-15-7-8-15/h5-6,9-10,15,18-19H,3-4,7-8,11-13H2,1-2H3. The molecule has 3 heteroatoms. The van der Waals surface area contributed by atoms with Crippen LogP contribution in [-0.4, -0.2) is 29.9 Å². The molecule has 0 bridgehead atoms. The van der Waals surface area contributed by atoms with Crippen molar-refractivity contribution in [3.63, 3.8) is 0 Å². The van der Waals surface area contributed by atoms with E-state index in [4.69, 9.17) is 4.74 Å². The zero-order valence-corrected chi connectivity index (χ0v) is 12.7. The highest BCUT2D eigenvalue weighted by Crippen LogP contribution is 2.24. The van der Waals surface area contributed by atoms with Crippen LogP contribution in [0.5, 0.6) is 5.75 Å². The lowest BCUT2D eigenvalue weighted by molar-refractivity contribution is 0.154. The van der Waals surface area contributed by atoms with Crippen molar-refractivity contribution >= 4 is 0 Å².